The molecule has 5 heteroatoms. The van der Waals surface area contributed by atoms with Crippen molar-refractivity contribution in [2.75, 3.05) is 6.54 Å². The topological polar surface area (TPSA) is 37.8 Å². The summed E-state index contributed by atoms with van der Waals surface area (Å²) in [7, 11) is 0. The van der Waals surface area contributed by atoms with Crippen LogP contribution in [0.25, 0.3) is 10.6 Å². The first-order valence-corrected chi connectivity index (χ1v) is 7.20. The molecular formula is C13H16ClN3S. The minimum absolute atomic E-state index is 0.772. The average molecular weight is 282 g/mol. The molecule has 0 unspecified atom stereocenters. The SMILES string of the molecule is CCCNCc1nnc(-c2cccc(Cl)c2C)s1. The van der Waals surface area contributed by atoms with Gasteiger partial charge >= 0.3 is 0 Å². The highest BCUT2D eigenvalue weighted by molar-refractivity contribution is 7.14. The van der Waals surface area contributed by atoms with Crippen molar-refractivity contribution in [1.29, 1.82) is 0 Å². The van der Waals surface area contributed by atoms with Crippen LogP contribution in [-0.2, 0) is 6.54 Å². The van der Waals surface area contributed by atoms with E-state index in [0.29, 0.717) is 0 Å². The molecular weight excluding hydrogens is 266 g/mol. The molecule has 0 aliphatic carbocycles. The molecule has 0 saturated carbocycles. The summed E-state index contributed by atoms with van der Waals surface area (Å²) in [5, 5.41) is 14.5. The van der Waals surface area contributed by atoms with E-state index in [2.05, 4.69) is 22.4 Å². The molecule has 0 fully saturated rings. The maximum atomic E-state index is 6.12. The van der Waals surface area contributed by atoms with Crippen molar-refractivity contribution in [1.82, 2.24) is 15.5 Å². The Morgan fingerprint density at radius 3 is 2.94 bits per heavy atom. The molecule has 2 aromatic rings. The summed E-state index contributed by atoms with van der Waals surface area (Å²) >= 11 is 7.73. The number of benzene rings is 1. The van der Waals surface area contributed by atoms with Crippen molar-refractivity contribution >= 4 is 22.9 Å². The van der Waals surface area contributed by atoms with E-state index in [1.165, 1.54) is 0 Å². The molecule has 1 aromatic heterocycles. The Labute approximate surface area is 116 Å². The van der Waals surface area contributed by atoms with Gasteiger partial charge in [-0.15, -0.1) is 10.2 Å². The molecule has 96 valence electrons. The number of nitrogens with one attached hydrogen (secondary N) is 1. The van der Waals surface area contributed by atoms with Crippen LogP contribution >= 0.6 is 22.9 Å². The van der Waals surface area contributed by atoms with E-state index in [4.69, 9.17) is 11.6 Å². The molecule has 0 bridgehead atoms. The minimum atomic E-state index is 0.772. The van der Waals surface area contributed by atoms with Crippen molar-refractivity contribution in [3.05, 3.63) is 33.8 Å². The van der Waals surface area contributed by atoms with Gasteiger partial charge in [-0.25, -0.2) is 0 Å². The van der Waals surface area contributed by atoms with Gasteiger partial charge in [0.05, 0.1) is 0 Å². The second-order valence-electron chi connectivity index (χ2n) is 4.09. The zero-order chi connectivity index (χ0) is 13.0. The van der Waals surface area contributed by atoms with Gasteiger partial charge in [-0.3, -0.25) is 0 Å². The number of hydrogen-bond acceptors (Lipinski definition) is 4. The molecule has 2 rings (SSSR count). The normalized spacial score (nSPS) is 10.8. The fourth-order valence-corrected chi connectivity index (χ4v) is 2.71. The summed E-state index contributed by atoms with van der Waals surface area (Å²) in [5.41, 5.74) is 2.13. The Morgan fingerprint density at radius 1 is 1.33 bits per heavy atom. The van der Waals surface area contributed by atoms with Crippen molar-refractivity contribution in [3.8, 4) is 10.6 Å². The average Bonchev–Trinajstić information content (AvgIpc) is 2.82. The molecule has 1 N–H and O–H groups in total. The maximum absolute atomic E-state index is 6.12. The second kappa shape index (κ2) is 6.27. The third-order valence-corrected chi connectivity index (χ3v) is 4.03. The first-order chi connectivity index (χ1) is 8.72. The summed E-state index contributed by atoms with van der Waals surface area (Å²) in [6, 6.07) is 5.87. The summed E-state index contributed by atoms with van der Waals surface area (Å²) in [6.45, 7) is 5.94. The summed E-state index contributed by atoms with van der Waals surface area (Å²) in [4.78, 5) is 0. The predicted octanol–water partition coefficient (Wildman–Crippen LogP) is 3.67. The molecule has 0 radical (unpaired) electrons. The summed E-state index contributed by atoms with van der Waals surface area (Å²) in [6.07, 6.45) is 1.12. The number of halogens is 1. The van der Waals surface area contributed by atoms with Crippen LogP contribution in [0.3, 0.4) is 0 Å². The number of rotatable bonds is 5. The lowest BCUT2D eigenvalue weighted by Gasteiger charge is -2.02. The van der Waals surface area contributed by atoms with Gasteiger partial charge < -0.3 is 5.32 Å². The Hall–Kier alpha value is -0.970. The van der Waals surface area contributed by atoms with Crippen LogP contribution in [0.4, 0.5) is 0 Å². The third-order valence-electron chi connectivity index (χ3n) is 2.67. The molecule has 0 saturated heterocycles. The minimum Gasteiger partial charge on any atom is -0.310 e. The van der Waals surface area contributed by atoms with E-state index in [-0.39, 0.29) is 0 Å². The Balaban J connectivity index is 2.16. The monoisotopic (exact) mass is 281 g/mol. The highest BCUT2D eigenvalue weighted by Gasteiger charge is 2.10. The number of nitrogens with zero attached hydrogens (tertiary/aromatic N) is 2. The quantitative estimate of drug-likeness (QED) is 0.850. The van der Waals surface area contributed by atoms with Crippen molar-refractivity contribution in [2.45, 2.75) is 26.8 Å². The Bertz CT molecular complexity index is 525. The standard InChI is InChI=1S/C13H16ClN3S/c1-3-7-15-8-12-16-17-13(18-12)10-5-4-6-11(14)9(10)2/h4-6,15H,3,7-8H2,1-2H3. The lowest BCUT2D eigenvalue weighted by atomic mass is 10.1. The van der Waals surface area contributed by atoms with E-state index in [1.807, 2.05) is 25.1 Å². The fraction of sp³-hybridized carbons (Fsp3) is 0.385. The lowest BCUT2D eigenvalue weighted by molar-refractivity contribution is 0.668. The molecule has 0 spiro atoms. The van der Waals surface area contributed by atoms with Crippen LogP contribution in [0.5, 0.6) is 0 Å². The van der Waals surface area contributed by atoms with Crippen molar-refractivity contribution in [2.24, 2.45) is 0 Å². The summed E-state index contributed by atoms with van der Waals surface area (Å²) in [5.74, 6) is 0. The van der Waals surface area contributed by atoms with Gasteiger partial charge in [-0.2, -0.15) is 0 Å². The van der Waals surface area contributed by atoms with Crippen molar-refractivity contribution < 1.29 is 0 Å². The van der Waals surface area contributed by atoms with E-state index in [1.54, 1.807) is 11.3 Å². The number of hydrogen-bond donors (Lipinski definition) is 1. The summed E-state index contributed by atoms with van der Waals surface area (Å²) < 4.78 is 0. The van der Waals surface area contributed by atoms with Crippen LogP contribution in [0, 0.1) is 6.92 Å². The lowest BCUT2D eigenvalue weighted by Crippen LogP contribution is -2.13. The first-order valence-electron chi connectivity index (χ1n) is 6.01. The molecule has 0 atom stereocenters. The van der Waals surface area contributed by atoms with Crippen LogP contribution < -0.4 is 5.32 Å². The van der Waals surface area contributed by atoms with Gasteiger partial charge in [0.15, 0.2) is 0 Å². The van der Waals surface area contributed by atoms with Gasteiger partial charge in [0, 0.05) is 17.1 Å². The van der Waals surface area contributed by atoms with E-state index in [0.717, 1.165) is 45.7 Å². The van der Waals surface area contributed by atoms with Gasteiger partial charge in [-0.05, 0) is 31.5 Å². The molecule has 18 heavy (non-hydrogen) atoms. The van der Waals surface area contributed by atoms with Crippen LogP contribution in [0.2, 0.25) is 5.02 Å². The van der Waals surface area contributed by atoms with Gasteiger partial charge in [-0.1, -0.05) is 42.0 Å². The zero-order valence-corrected chi connectivity index (χ0v) is 12.1. The largest absolute Gasteiger partial charge is 0.310 e. The van der Waals surface area contributed by atoms with Crippen molar-refractivity contribution in [3.63, 3.8) is 0 Å². The van der Waals surface area contributed by atoms with E-state index >= 15 is 0 Å². The molecule has 1 heterocycles. The first kappa shape index (κ1) is 13.5. The van der Waals surface area contributed by atoms with Gasteiger partial charge in [0.25, 0.3) is 0 Å². The number of aromatic nitrogens is 2. The third kappa shape index (κ3) is 3.07. The smallest absolute Gasteiger partial charge is 0.148 e. The van der Waals surface area contributed by atoms with Crippen LogP contribution in [0.15, 0.2) is 18.2 Å². The zero-order valence-electron chi connectivity index (χ0n) is 10.5. The maximum Gasteiger partial charge on any atom is 0.148 e. The highest BCUT2D eigenvalue weighted by Crippen LogP contribution is 2.30. The van der Waals surface area contributed by atoms with E-state index < -0.39 is 0 Å². The van der Waals surface area contributed by atoms with E-state index in [9.17, 15) is 0 Å². The Morgan fingerprint density at radius 2 is 2.17 bits per heavy atom. The molecule has 1 aromatic carbocycles. The fourth-order valence-electron chi connectivity index (χ4n) is 1.65. The Kier molecular flexibility index (Phi) is 4.69. The van der Waals surface area contributed by atoms with Gasteiger partial charge in [0.2, 0.25) is 0 Å². The molecule has 0 aliphatic heterocycles. The van der Waals surface area contributed by atoms with Crippen LogP contribution in [0.1, 0.15) is 23.9 Å². The molecule has 0 aliphatic rings. The predicted molar refractivity (Wildman–Crippen MR) is 77.1 cm³/mol. The second-order valence-corrected chi connectivity index (χ2v) is 5.56. The van der Waals surface area contributed by atoms with Gasteiger partial charge in [0.1, 0.15) is 10.0 Å². The molecule has 3 nitrogen and oxygen atoms in total. The highest BCUT2D eigenvalue weighted by atomic mass is 35.5. The molecule has 0 amide bonds. The van der Waals surface area contributed by atoms with Crippen LogP contribution in [-0.4, -0.2) is 16.7 Å².